The van der Waals surface area contributed by atoms with Gasteiger partial charge in [-0.25, -0.2) is 8.42 Å². The predicted molar refractivity (Wildman–Crippen MR) is 75.4 cm³/mol. The van der Waals surface area contributed by atoms with E-state index >= 15 is 0 Å². The predicted octanol–water partition coefficient (Wildman–Crippen LogP) is 3.53. The van der Waals surface area contributed by atoms with Crippen molar-refractivity contribution in [2.24, 2.45) is 0 Å². The lowest BCUT2D eigenvalue weighted by Gasteiger charge is -2.21. The first-order valence-corrected chi connectivity index (χ1v) is 8.69. The van der Waals surface area contributed by atoms with Crippen molar-refractivity contribution in [3.63, 3.8) is 0 Å². The first kappa shape index (κ1) is 13.9. The van der Waals surface area contributed by atoms with Crippen LogP contribution in [0.5, 0.6) is 5.75 Å². The average Bonchev–Trinajstić information content (AvgIpc) is 2.38. The fourth-order valence-electron chi connectivity index (χ4n) is 2.23. The zero-order chi connectivity index (χ0) is 13.0. The Morgan fingerprint density at radius 3 is 2.61 bits per heavy atom. The Kier molecular flexibility index (Phi) is 4.67. The summed E-state index contributed by atoms with van der Waals surface area (Å²) in [4.78, 5) is 0. The zero-order valence-electron chi connectivity index (χ0n) is 10.1. The molecule has 3 nitrogen and oxygen atoms in total. The molecule has 1 aromatic rings. The van der Waals surface area contributed by atoms with E-state index in [2.05, 4.69) is 15.9 Å². The number of hydrogen-bond acceptors (Lipinski definition) is 3. The topological polar surface area (TPSA) is 43.4 Å². The third-order valence-corrected chi connectivity index (χ3v) is 5.67. The maximum Gasteiger partial charge on any atom is 0.189 e. The number of rotatable bonds is 4. The molecule has 0 heterocycles. The van der Waals surface area contributed by atoms with E-state index < -0.39 is 9.84 Å². The maximum absolute atomic E-state index is 12.1. The highest BCUT2D eigenvalue weighted by atomic mass is 79.9. The largest absolute Gasteiger partial charge is 0.478 e. The Labute approximate surface area is 117 Å². The van der Waals surface area contributed by atoms with Gasteiger partial charge in [-0.1, -0.05) is 41.3 Å². The molecule has 1 aliphatic carbocycles. The van der Waals surface area contributed by atoms with Crippen molar-refractivity contribution in [2.75, 3.05) is 5.94 Å². The second kappa shape index (κ2) is 6.06. The van der Waals surface area contributed by atoms with Crippen molar-refractivity contribution in [1.82, 2.24) is 0 Å². The number of hydrogen-bond donors (Lipinski definition) is 0. The van der Waals surface area contributed by atoms with Crippen LogP contribution < -0.4 is 4.74 Å². The van der Waals surface area contributed by atoms with Crippen LogP contribution in [0.25, 0.3) is 0 Å². The highest BCUT2D eigenvalue weighted by Gasteiger charge is 2.27. The van der Waals surface area contributed by atoms with Gasteiger partial charge in [-0.15, -0.1) is 0 Å². The van der Waals surface area contributed by atoms with Crippen molar-refractivity contribution >= 4 is 25.8 Å². The van der Waals surface area contributed by atoms with Crippen molar-refractivity contribution in [3.8, 4) is 5.75 Å². The molecule has 1 fully saturated rings. The summed E-state index contributed by atoms with van der Waals surface area (Å²) in [6.45, 7) is 0. The molecule has 0 bridgehead atoms. The van der Waals surface area contributed by atoms with Gasteiger partial charge in [-0.3, -0.25) is 0 Å². The summed E-state index contributed by atoms with van der Waals surface area (Å²) < 4.78 is 30.5. The molecule has 1 saturated carbocycles. The van der Waals surface area contributed by atoms with Gasteiger partial charge in [0, 0.05) is 4.47 Å². The molecule has 0 saturated heterocycles. The van der Waals surface area contributed by atoms with Gasteiger partial charge in [0.05, 0.1) is 5.25 Å². The van der Waals surface area contributed by atoms with E-state index in [9.17, 15) is 8.42 Å². The molecule has 5 heteroatoms. The van der Waals surface area contributed by atoms with Gasteiger partial charge in [0.1, 0.15) is 5.75 Å². The summed E-state index contributed by atoms with van der Waals surface area (Å²) in [7, 11) is -3.13. The van der Waals surface area contributed by atoms with Crippen LogP contribution in [0.4, 0.5) is 0 Å². The molecule has 100 valence electrons. The Balaban J connectivity index is 1.96. The van der Waals surface area contributed by atoms with Crippen LogP contribution in [0.15, 0.2) is 28.7 Å². The van der Waals surface area contributed by atoms with Crippen LogP contribution >= 0.6 is 15.9 Å². The average molecular weight is 333 g/mol. The minimum absolute atomic E-state index is 0.210. The van der Waals surface area contributed by atoms with E-state index in [1.54, 1.807) is 12.1 Å². The fraction of sp³-hybridized carbons (Fsp3) is 0.538. The molecule has 0 spiro atoms. The summed E-state index contributed by atoms with van der Waals surface area (Å²) in [5.41, 5.74) is 0. The molecule has 0 aliphatic heterocycles. The number of sulfone groups is 1. The van der Waals surface area contributed by atoms with E-state index in [0.717, 1.165) is 36.6 Å². The third kappa shape index (κ3) is 3.72. The SMILES string of the molecule is O=S(=O)(COc1cccc(Br)c1)C1CCCCC1. The van der Waals surface area contributed by atoms with Crippen LogP contribution in [-0.2, 0) is 9.84 Å². The van der Waals surface area contributed by atoms with Crippen LogP contribution in [-0.4, -0.2) is 19.6 Å². The van der Waals surface area contributed by atoms with E-state index in [-0.39, 0.29) is 11.2 Å². The van der Waals surface area contributed by atoms with Crippen molar-refractivity contribution < 1.29 is 13.2 Å². The molecule has 18 heavy (non-hydrogen) atoms. The summed E-state index contributed by atoms with van der Waals surface area (Å²) in [5.74, 6) is 0.373. The van der Waals surface area contributed by atoms with E-state index in [4.69, 9.17) is 4.74 Å². The Hall–Kier alpha value is -0.550. The molecule has 2 rings (SSSR count). The van der Waals surface area contributed by atoms with E-state index in [1.165, 1.54) is 0 Å². The summed E-state index contributed by atoms with van der Waals surface area (Å²) in [6, 6.07) is 7.24. The number of benzene rings is 1. The molecule has 0 atom stereocenters. The molecule has 1 aromatic carbocycles. The van der Waals surface area contributed by atoms with E-state index in [0.29, 0.717) is 5.75 Å². The molecule has 0 aromatic heterocycles. The molecule has 0 radical (unpaired) electrons. The molecule has 1 aliphatic rings. The Morgan fingerprint density at radius 1 is 1.22 bits per heavy atom. The monoisotopic (exact) mass is 332 g/mol. The second-order valence-corrected chi connectivity index (χ2v) is 7.79. The van der Waals surface area contributed by atoms with Crippen molar-refractivity contribution in [3.05, 3.63) is 28.7 Å². The zero-order valence-corrected chi connectivity index (χ0v) is 12.5. The van der Waals surface area contributed by atoms with Gasteiger partial charge < -0.3 is 4.74 Å². The normalized spacial score (nSPS) is 17.6. The summed E-state index contributed by atoms with van der Waals surface area (Å²) in [5, 5.41) is -0.210. The molecule has 0 unspecified atom stereocenters. The standard InChI is InChI=1S/C13H17BrO3S/c14-11-5-4-6-12(9-11)17-10-18(15,16)13-7-2-1-3-8-13/h4-6,9,13H,1-3,7-8,10H2. The van der Waals surface area contributed by atoms with Crippen molar-refractivity contribution in [1.29, 1.82) is 0 Å². The Bertz CT molecular complexity index is 493. The minimum Gasteiger partial charge on any atom is -0.478 e. The maximum atomic E-state index is 12.1. The van der Waals surface area contributed by atoms with Gasteiger partial charge in [0.15, 0.2) is 15.8 Å². The first-order valence-electron chi connectivity index (χ1n) is 6.18. The molecule has 0 amide bonds. The third-order valence-electron chi connectivity index (χ3n) is 3.25. The lowest BCUT2D eigenvalue weighted by molar-refractivity contribution is 0.369. The molecule has 0 N–H and O–H groups in total. The van der Waals surface area contributed by atoms with Gasteiger partial charge in [-0.05, 0) is 31.0 Å². The molecular formula is C13H17BrO3S. The molecular weight excluding hydrogens is 316 g/mol. The lowest BCUT2D eigenvalue weighted by Crippen LogP contribution is -2.28. The van der Waals surface area contributed by atoms with Crippen LogP contribution in [0.1, 0.15) is 32.1 Å². The summed E-state index contributed by atoms with van der Waals surface area (Å²) in [6.07, 6.45) is 4.74. The number of halogens is 1. The Morgan fingerprint density at radius 2 is 1.94 bits per heavy atom. The van der Waals surface area contributed by atoms with Crippen LogP contribution in [0.3, 0.4) is 0 Å². The second-order valence-electron chi connectivity index (χ2n) is 4.64. The lowest BCUT2D eigenvalue weighted by atomic mass is 10.0. The van der Waals surface area contributed by atoms with Gasteiger partial charge in [-0.2, -0.15) is 0 Å². The smallest absolute Gasteiger partial charge is 0.189 e. The first-order chi connectivity index (χ1) is 8.58. The van der Waals surface area contributed by atoms with E-state index in [1.807, 2.05) is 12.1 Å². The highest BCUT2D eigenvalue weighted by Crippen LogP contribution is 2.25. The van der Waals surface area contributed by atoms with Crippen LogP contribution in [0, 0.1) is 0 Å². The van der Waals surface area contributed by atoms with Crippen LogP contribution in [0.2, 0.25) is 0 Å². The van der Waals surface area contributed by atoms with Gasteiger partial charge in [0.25, 0.3) is 0 Å². The van der Waals surface area contributed by atoms with Gasteiger partial charge >= 0.3 is 0 Å². The van der Waals surface area contributed by atoms with Gasteiger partial charge in [0.2, 0.25) is 0 Å². The number of ether oxygens (including phenoxy) is 1. The quantitative estimate of drug-likeness (QED) is 0.847. The highest BCUT2D eigenvalue weighted by molar-refractivity contribution is 9.10. The summed E-state index contributed by atoms with van der Waals surface area (Å²) >= 11 is 3.33. The van der Waals surface area contributed by atoms with Crippen molar-refractivity contribution in [2.45, 2.75) is 37.4 Å². The fourth-order valence-corrected chi connectivity index (χ4v) is 4.15. The minimum atomic E-state index is -3.13.